The molecule has 2 amide bonds. The third-order valence-electron chi connectivity index (χ3n) is 4.72. The van der Waals surface area contributed by atoms with Crippen molar-refractivity contribution in [3.05, 3.63) is 33.7 Å². The summed E-state index contributed by atoms with van der Waals surface area (Å²) in [4.78, 5) is 37.2. The molecule has 1 aromatic carbocycles. The number of amides is 2. The highest BCUT2D eigenvalue weighted by Crippen LogP contribution is 2.25. The minimum absolute atomic E-state index is 0.293. The third kappa shape index (κ3) is 1.96. The fraction of sp³-hybridized carbons (Fsp3) is 0.438. The van der Waals surface area contributed by atoms with E-state index in [2.05, 4.69) is 5.32 Å². The first kappa shape index (κ1) is 14.2. The molecule has 2 aliphatic rings. The Balaban J connectivity index is 2.01. The summed E-state index contributed by atoms with van der Waals surface area (Å²) >= 11 is 0. The smallest absolute Gasteiger partial charge is 0.312 e. The lowest BCUT2D eigenvalue weighted by molar-refractivity contribution is -0.131. The number of piperidine rings is 1. The molecular formula is C16H18N4O3. The van der Waals surface area contributed by atoms with Gasteiger partial charge in [0.1, 0.15) is 0 Å². The molecule has 0 radical (unpaired) electrons. The van der Waals surface area contributed by atoms with Crippen molar-refractivity contribution < 1.29 is 9.59 Å². The van der Waals surface area contributed by atoms with Crippen molar-refractivity contribution in [3.63, 3.8) is 0 Å². The predicted octanol–water partition coefficient (Wildman–Crippen LogP) is 0.161. The largest absolute Gasteiger partial charge is 0.348 e. The van der Waals surface area contributed by atoms with Crippen LogP contribution in [0, 0.1) is 0 Å². The van der Waals surface area contributed by atoms with Gasteiger partial charge in [-0.25, -0.2) is 4.79 Å². The van der Waals surface area contributed by atoms with E-state index in [-0.39, 0.29) is 17.5 Å². The first-order valence-electron chi connectivity index (χ1n) is 7.88. The van der Waals surface area contributed by atoms with E-state index in [1.54, 1.807) is 7.05 Å². The second-order valence-corrected chi connectivity index (χ2v) is 6.10. The number of aromatic nitrogens is 2. The molecule has 0 saturated carbocycles. The summed E-state index contributed by atoms with van der Waals surface area (Å²) < 4.78 is 2.78. The van der Waals surface area contributed by atoms with Crippen LogP contribution in [0.5, 0.6) is 0 Å². The van der Waals surface area contributed by atoms with Gasteiger partial charge >= 0.3 is 5.69 Å². The third-order valence-corrected chi connectivity index (χ3v) is 4.72. The maximum atomic E-state index is 12.7. The number of fused-ring (bicyclic) bond motifs is 3. The summed E-state index contributed by atoms with van der Waals surface area (Å²) in [5.74, 6) is -0.626. The Morgan fingerprint density at radius 3 is 2.52 bits per heavy atom. The molecule has 0 spiro atoms. The zero-order valence-corrected chi connectivity index (χ0v) is 13.0. The van der Waals surface area contributed by atoms with E-state index >= 15 is 0 Å². The molecule has 7 nitrogen and oxygen atoms in total. The number of benzene rings is 1. The quantitative estimate of drug-likeness (QED) is 0.761. The first-order chi connectivity index (χ1) is 11.1. The van der Waals surface area contributed by atoms with Gasteiger partial charge in [0, 0.05) is 26.4 Å². The zero-order valence-electron chi connectivity index (χ0n) is 13.0. The Bertz CT molecular complexity index is 877. The van der Waals surface area contributed by atoms with E-state index < -0.39 is 0 Å². The average molecular weight is 314 g/mol. The molecule has 0 unspecified atom stereocenters. The number of imidazole rings is 1. The van der Waals surface area contributed by atoms with Crippen LogP contribution in [0.1, 0.15) is 30.4 Å². The highest BCUT2D eigenvalue weighted by atomic mass is 16.2. The molecule has 1 saturated heterocycles. The Kier molecular flexibility index (Phi) is 3.12. The number of rotatable bonds is 1. The van der Waals surface area contributed by atoms with Gasteiger partial charge in [-0.1, -0.05) is 6.07 Å². The van der Waals surface area contributed by atoms with E-state index in [1.165, 1.54) is 14.8 Å². The van der Waals surface area contributed by atoms with Gasteiger partial charge < -0.3 is 5.32 Å². The van der Waals surface area contributed by atoms with E-state index in [9.17, 15) is 14.4 Å². The summed E-state index contributed by atoms with van der Waals surface area (Å²) in [6, 6.07) is 3.84. The standard InChI is InChI=1S/C16H18N4O3/c1-18-15-11-9-17-8-7-10(11)5-6-12(15)19(16(18)23)20-13(21)3-2-4-14(20)22/h5-6,17H,2-4,7-9H2,1H3. The number of nitrogens with zero attached hydrogens (tertiary/aromatic N) is 3. The normalized spacial score (nSPS) is 18.6. The summed E-state index contributed by atoms with van der Waals surface area (Å²) in [5, 5.41) is 4.34. The van der Waals surface area contributed by atoms with E-state index in [4.69, 9.17) is 0 Å². The summed E-state index contributed by atoms with van der Waals surface area (Å²) in [6.45, 7) is 1.60. The molecule has 1 aromatic heterocycles. The number of hydrogen-bond acceptors (Lipinski definition) is 4. The minimum atomic E-state index is -0.359. The van der Waals surface area contributed by atoms with Crippen LogP contribution in [-0.2, 0) is 29.6 Å². The Morgan fingerprint density at radius 1 is 1.04 bits per heavy atom. The monoisotopic (exact) mass is 314 g/mol. The van der Waals surface area contributed by atoms with Crippen LogP contribution in [0.4, 0.5) is 0 Å². The van der Waals surface area contributed by atoms with Gasteiger partial charge in [0.2, 0.25) is 11.8 Å². The lowest BCUT2D eigenvalue weighted by Gasteiger charge is -2.25. The molecule has 1 N–H and O–H groups in total. The number of carbonyl (C=O) groups excluding carboxylic acids is 2. The molecular weight excluding hydrogens is 296 g/mol. The fourth-order valence-electron chi connectivity index (χ4n) is 3.58. The molecule has 23 heavy (non-hydrogen) atoms. The first-order valence-corrected chi connectivity index (χ1v) is 7.88. The van der Waals surface area contributed by atoms with Crippen molar-refractivity contribution in [1.29, 1.82) is 0 Å². The molecule has 0 atom stereocenters. The van der Waals surface area contributed by atoms with E-state index in [1.807, 2.05) is 12.1 Å². The number of aryl methyl sites for hydroxylation is 1. The average Bonchev–Trinajstić information content (AvgIpc) is 2.80. The molecule has 2 aromatic rings. The van der Waals surface area contributed by atoms with Gasteiger partial charge in [-0.3, -0.25) is 14.2 Å². The molecule has 120 valence electrons. The van der Waals surface area contributed by atoms with Crippen molar-refractivity contribution in [2.45, 2.75) is 32.2 Å². The molecule has 1 fully saturated rings. The molecule has 2 aliphatic heterocycles. The van der Waals surface area contributed by atoms with Gasteiger partial charge in [-0.2, -0.15) is 9.69 Å². The van der Waals surface area contributed by atoms with Crippen LogP contribution in [0.2, 0.25) is 0 Å². The molecule has 4 rings (SSSR count). The van der Waals surface area contributed by atoms with E-state index in [0.29, 0.717) is 31.3 Å². The van der Waals surface area contributed by atoms with Crippen molar-refractivity contribution >= 4 is 22.8 Å². The molecule has 0 bridgehead atoms. The number of imide groups is 1. The second-order valence-electron chi connectivity index (χ2n) is 6.10. The van der Waals surface area contributed by atoms with Crippen molar-refractivity contribution in [1.82, 2.24) is 14.6 Å². The van der Waals surface area contributed by atoms with Gasteiger partial charge in [-0.05, 0) is 36.6 Å². The van der Waals surface area contributed by atoms with Crippen LogP contribution in [0.25, 0.3) is 11.0 Å². The van der Waals surface area contributed by atoms with Gasteiger partial charge in [-0.15, -0.1) is 0 Å². The Morgan fingerprint density at radius 2 is 1.78 bits per heavy atom. The van der Waals surface area contributed by atoms with Gasteiger partial charge in [0.25, 0.3) is 0 Å². The van der Waals surface area contributed by atoms with Gasteiger partial charge in [0.15, 0.2) is 0 Å². The minimum Gasteiger partial charge on any atom is -0.312 e. The fourth-order valence-corrected chi connectivity index (χ4v) is 3.58. The van der Waals surface area contributed by atoms with E-state index in [0.717, 1.165) is 29.1 Å². The highest BCUT2D eigenvalue weighted by Gasteiger charge is 2.31. The lowest BCUT2D eigenvalue weighted by Crippen LogP contribution is -2.52. The topological polar surface area (TPSA) is 76.3 Å². The Labute approximate surface area is 132 Å². The predicted molar refractivity (Wildman–Crippen MR) is 84.7 cm³/mol. The zero-order chi connectivity index (χ0) is 16.1. The van der Waals surface area contributed by atoms with Gasteiger partial charge in [0.05, 0.1) is 11.0 Å². The highest BCUT2D eigenvalue weighted by molar-refractivity contribution is 6.11. The second kappa shape index (κ2) is 5.06. The van der Waals surface area contributed by atoms with Crippen molar-refractivity contribution in [2.24, 2.45) is 7.05 Å². The lowest BCUT2D eigenvalue weighted by atomic mass is 9.99. The number of carbonyl (C=O) groups is 2. The summed E-state index contributed by atoms with van der Waals surface area (Å²) in [7, 11) is 1.69. The number of hydrogen-bond donors (Lipinski definition) is 1. The van der Waals surface area contributed by atoms with Crippen LogP contribution >= 0.6 is 0 Å². The Hall–Kier alpha value is -2.41. The van der Waals surface area contributed by atoms with Crippen LogP contribution < -0.4 is 16.0 Å². The molecule has 3 heterocycles. The van der Waals surface area contributed by atoms with Crippen LogP contribution in [0.3, 0.4) is 0 Å². The van der Waals surface area contributed by atoms with Crippen LogP contribution in [0.15, 0.2) is 16.9 Å². The number of nitrogens with one attached hydrogen (secondary N) is 1. The van der Waals surface area contributed by atoms with Crippen molar-refractivity contribution in [2.75, 3.05) is 11.6 Å². The summed E-state index contributed by atoms with van der Waals surface area (Å²) in [6.07, 6.45) is 2.04. The molecule has 7 heteroatoms. The van der Waals surface area contributed by atoms with Crippen LogP contribution in [-0.4, -0.2) is 27.6 Å². The molecule has 0 aliphatic carbocycles. The van der Waals surface area contributed by atoms with Crippen molar-refractivity contribution in [3.8, 4) is 0 Å². The maximum absolute atomic E-state index is 12.7. The SMILES string of the molecule is Cn1c(=O)n(N2C(=O)CCCC2=O)c2ccc3c(c21)CNCC3. The maximum Gasteiger partial charge on any atom is 0.348 e. The summed E-state index contributed by atoms with van der Waals surface area (Å²) in [5.41, 5.74) is 3.33.